The molecule has 0 atom stereocenters. The van der Waals surface area contributed by atoms with Crippen LogP contribution in [0, 0.1) is 6.92 Å². The number of rotatable bonds is 7. The van der Waals surface area contributed by atoms with Crippen molar-refractivity contribution < 1.29 is 9.53 Å². The highest BCUT2D eigenvalue weighted by Gasteiger charge is 2.09. The molecule has 0 radical (unpaired) electrons. The molecular weight excluding hydrogens is 264 g/mol. The molecule has 1 aromatic heterocycles. The average molecular weight is 286 g/mol. The maximum Gasteiger partial charge on any atom is 0.142 e. The number of ketones is 1. The number of nitrogens with zero attached hydrogens (tertiary/aromatic N) is 2. The van der Waals surface area contributed by atoms with Crippen LogP contribution >= 0.6 is 0 Å². The van der Waals surface area contributed by atoms with Crippen molar-refractivity contribution >= 4 is 5.78 Å². The lowest BCUT2D eigenvalue weighted by Crippen LogP contribution is -2.11. The quantitative estimate of drug-likeness (QED) is 0.786. The predicted octanol–water partition coefficient (Wildman–Crippen LogP) is 2.87. The van der Waals surface area contributed by atoms with Gasteiger partial charge in [0.25, 0.3) is 0 Å². The van der Waals surface area contributed by atoms with Gasteiger partial charge in [-0.3, -0.25) is 9.48 Å². The second-order valence-electron chi connectivity index (χ2n) is 5.23. The predicted molar refractivity (Wildman–Crippen MR) is 82.6 cm³/mol. The smallest absolute Gasteiger partial charge is 0.142 e. The first-order valence-electron chi connectivity index (χ1n) is 7.31. The van der Waals surface area contributed by atoms with Crippen molar-refractivity contribution in [2.75, 3.05) is 6.61 Å². The van der Waals surface area contributed by atoms with Crippen molar-refractivity contribution in [3.8, 4) is 5.75 Å². The minimum absolute atomic E-state index is 0.174. The average Bonchev–Trinajstić information content (AvgIpc) is 2.79. The maximum atomic E-state index is 12.0. The Balaban J connectivity index is 1.80. The largest absolute Gasteiger partial charge is 0.493 e. The van der Waals surface area contributed by atoms with Crippen molar-refractivity contribution in [1.82, 2.24) is 9.78 Å². The number of carbonyl (C=O) groups is 1. The molecule has 0 aliphatic heterocycles. The monoisotopic (exact) mass is 286 g/mol. The fraction of sp³-hybridized carbons (Fsp3) is 0.412. The summed E-state index contributed by atoms with van der Waals surface area (Å²) >= 11 is 0. The third kappa shape index (κ3) is 4.45. The second kappa shape index (κ2) is 7.07. The molecule has 4 nitrogen and oxygen atoms in total. The summed E-state index contributed by atoms with van der Waals surface area (Å²) in [5, 5.41) is 4.35. The Hall–Kier alpha value is -2.10. The number of aromatic nitrogens is 2. The van der Waals surface area contributed by atoms with Crippen LogP contribution in [-0.4, -0.2) is 22.2 Å². The fourth-order valence-corrected chi connectivity index (χ4v) is 2.19. The molecule has 112 valence electrons. The molecule has 0 amide bonds. The minimum Gasteiger partial charge on any atom is -0.493 e. The van der Waals surface area contributed by atoms with Gasteiger partial charge in [-0.05, 0) is 37.1 Å². The third-order valence-electron chi connectivity index (χ3n) is 3.41. The Kier molecular flexibility index (Phi) is 5.14. The van der Waals surface area contributed by atoms with E-state index in [-0.39, 0.29) is 5.78 Å². The number of benzene rings is 1. The van der Waals surface area contributed by atoms with Gasteiger partial charge >= 0.3 is 0 Å². The lowest BCUT2D eigenvalue weighted by molar-refractivity contribution is -0.119. The molecule has 0 aliphatic rings. The van der Waals surface area contributed by atoms with E-state index in [2.05, 4.69) is 12.0 Å². The van der Waals surface area contributed by atoms with Crippen LogP contribution in [0.1, 0.15) is 30.3 Å². The van der Waals surface area contributed by atoms with Crippen LogP contribution in [0.25, 0.3) is 0 Å². The minimum atomic E-state index is 0.174. The summed E-state index contributed by atoms with van der Waals surface area (Å²) in [5.41, 5.74) is 3.14. The molecule has 0 saturated heterocycles. The summed E-state index contributed by atoms with van der Waals surface area (Å²) < 4.78 is 7.40. The first-order chi connectivity index (χ1) is 10.1. The van der Waals surface area contributed by atoms with Gasteiger partial charge in [-0.25, -0.2) is 0 Å². The van der Waals surface area contributed by atoms with Crippen molar-refractivity contribution in [2.24, 2.45) is 7.05 Å². The van der Waals surface area contributed by atoms with Crippen LogP contribution in [0.3, 0.4) is 0 Å². The van der Waals surface area contributed by atoms with Crippen LogP contribution in [0.2, 0.25) is 0 Å². The Bertz CT molecular complexity index is 617. The standard InChI is InChI=1S/C17H22N2O2/c1-4-14-11-15(19(3)18-14)12-16(20)8-9-21-17-7-5-6-13(2)10-17/h5-7,10-11H,4,8-9,12H2,1-3H3. The van der Waals surface area contributed by atoms with Gasteiger partial charge in [-0.1, -0.05) is 19.1 Å². The highest BCUT2D eigenvalue weighted by Crippen LogP contribution is 2.13. The molecular formula is C17H22N2O2. The normalized spacial score (nSPS) is 10.6. The highest BCUT2D eigenvalue weighted by molar-refractivity contribution is 5.80. The van der Waals surface area contributed by atoms with Crippen LogP contribution in [0.5, 0.6) is 5.75 Å². The van der Waals surface area contributed by atoms with Crippen LogP contribution in [0.15, 0.2) is 30.3 Å². The SMILES string of the molecule is CCc1cc(CC(=O)CCOc2cccc(C)c2)n(C)n1. The topological polar surface area (TPSA) is 44.1 Å². The van der Waals surface area contributed by atoms with Crippen LogP contribution in [-0.2, 0) is 24.7 Å². The van der Waals surface area contributed by atoms with E-state index in [1.54, 1.807) is 4.68 Å². The van der Waals surface area contributed by atoms with Crippen molar-refractivity contribution in [1.29, 1.82) is 0 Å². The zero-order valence-corrected chi connectivity index (χ0v) is 12.9. The number of hydrogen-bond acceptors (Lipinski definition) is 3. The Morgan fingerprint density at radius 2 is 2.14 bits per heavy atom. The summed E-state index contributed by atoms with van der Waals surface area (Å²) in [6.07, 6.45) is 1.72. The van der Waals surface area contributed by atoms with Gasteiger partial charge in [0.05, 0.1) is 12.3 Å². The van der Waals surface area contributed by atoms with Gasteiger partial charge in [0.2, 0.25) is 0 Å². The number of aryl methyl sites for hydroxylation is 3. The molecule has 0 fully saturated rings. The van der Waals surface area contributed by atoms with E-state index in [1.165, 1.54) is 0 Å². The molecule has 2 rings (SSSR count). The molecule has 0 unspecified atom stereocenters. The number of Topliss-reactive ketones (excluding diaryl/α,β-unsaturated/α-hetero) is 1. The lowest BCUT2D eigenvalue weighted by Gasteiger charge is -2.06. The molecule has 0 N–H and O–H groups in total. The Labute approximate surface area is 125 Å². The second-order valence-corrected chi connectivity index (χ2v) is 5.23. The molecule has 21 heavy (non-hydrogen) atoms. The Morgan fingerprint density at radius 3 is 2.81 bits per heavy atom. The molecule has 1 aromatic carbocycles. The van der Waals surface area contributed by atoms with Gasteiger partial charge in [-0.15, -0.1) is 0 Å². The summed E-state index contributed by atoms with van der Waals surface area (Å²) in [6, 6.07) is 9.85. The Morgan fingerprint density at radius 1 is 1.33 bits per heavy atom. The van der Waals surface area contributed by atoms with Crippen molar-refractivity contribution in [3.63, 3.8) is 0 Å². The summed E-state index contributed by atoms with van der Waals surface area (Å²) in [7, 11) is 1.88. The molecule has 2 aromatic rings. The molecule has 1 heterocycles. The van der Waals surface area contributed by atoms with Crippen molar-refractivity contribution in [3.05, 3.63) is 47.3 Å². The first kappa shape index (κ1) is 15.3. The van der Waals surface area contributed by atoms with Crippen LogP contribution in [0.4, 0.5) is 0 Å². The number of carbonyl (C=O) groups excluding carboxylic acids is 1. The van der Waals surface area contributed by atoms with Gasteiger partial charge in [0.1, 0.15) is 11.5 Å². The number of ether oxygens (including phenoxy) is 1. The van der Waals surface area contributed by atoms with E-state index >= 15 is 0 Å². The van der Waals surface area contributed by atoms with E-state index in [4.69, 9.17) is 4.74 Å². The number of hydrogen-bond donors (Lipinski definition) is 0. The van der Waals surface area contributed by atoms with Gasteiger partial charge in [0, 0.05) is 25.6 Å². The molecule has 0 saturated carbocycles. The zero-order valence-electron chi connectivity index (χ0n) is 12.9. The maximum absolute atomic E-state index is 12.0. The van der Waals surface area contributed by atoms with E-state index in [0.29, 0.717) is 19.4 Å². The van der Waals surface area contributed by atoms with Crippen molar-refractivity contribution in [2.45, 2.75) is 33.1 Å². The van der Waals surface area contributed by atoms with Gasteiger partial charge < -0.3 is 4.74 Å². The summed E-state index contributed by atoms with van der Waals surface area (Å²) in [5.74, 6) is 0.991. The zero-order chi connectivity index (χ0) is 15.2. The highest BCUT2D eigenvalue weighted by atomic mass is 16.5. The van der Waals surface area contributed by atoms with Gasteiger partial charge in [0.15, 0.2) is 0 Å². The van der Waals surface area contributed by atoms with E-state index in [0.717, 1.165) is 29.1 Å². The lowest BCUT2D eigenvalue weighted by atomic mass is 10.1. The van der Waals surface area contributed by atoms with E-state index in [9.17, 15) is 4.79 Å². The summed E-state index contributed by atoms with van der Waals surface area (Å²) in [4.78, 5) is 12.0. The molecule has 0 aliphatic carbocycles. The fourth-order valence-electron chi connectivity index (χ4n) is 2.19. The third-order valence-corrected chi connectivity index (χ3v) is 3.41. The molecule has 0 bridgehead atoms. The molecule has 4 heteroatoms. The summed E-state index contributed by atoms with van der Waals surface area (Å²) in [6.45, 7) is 4.50. The molecule has 0 spiro atoms. The van der Waals surface area contributed by atoms with E-state index in [1.807, 2.05) is 44.3 Å². The van der Waals surface area contributed by atoms with Gasteiger partial charge in [-0.2, -0.15) is 5.10 Å². The first-order valence-corrected chi connectivity index (χ1v) is 7.31. The van der Waals surface area contributed by atoms with E-state index < -0.39 is 0 Å². The van der Waals surface area contributed by atoms with Crippen LogP contribution < -0.4 is 4.74 Å².